The lowest BCUT2D eigenvalue weighted by molar-refractivity contribution is 0.0806. The largest absolute Gasteiger partial charge is 0.358 e. The van der Waals surface area contributed by atoms with E-state index in [9.17, 15) is 14.4 Å². The minimum atomic E-state index is -0.468. The van der Waals surface area contributed by atoms with E-state index in [2.05, 4.69) is 9.97 Å². The van der Waals surface area contributed by atoms with Crippen LogP contribution in [0.5, 0.6) is 0 Å². The predicted molar refractivity (Wildman–Crippen MR) is 113 cm³/mol. The van der Waals surface area contributed by atoms with Gasteiger partial charge < -0.3 is 20.6 Å². The average Bonchev–Trinajstić information content (AvgIpc) is 3.27. The molecule has 1 spiro atoms. The van der Waals surface area contributed by atoms with Gasteiger partial charge in [-0.2, -0.15) is 0 Å². The van der Waals surface area contributed by atoms with Crippen molar-refractivity contribution >= 4 is 34.3 Å². The van der Waals surface area contributed by atoms with Gasteiger partial charge in [0.2, 0.25) is 5.78 Å². The maximum atomic E-state index is 13.5. The molecule has 4 N–H and O–H groups in total. The highest BCUT2D eigenvalue weighted by Gasteiger charge is 2.67. The zero-order valence-corrected chi connectivity index (χ0v) is 16.6. The number of fused-ring (bicyclic) bond motifs is 4. The van der Waals surface area contributed by atoms with Crippen LogP contribution in [0.3, 0.4) is 0 Å². The molecule has 31 heavy (non-hydrogen) atoms. The second-order valence-corrected chi connectivity index (χ2v) is 8.90. The number of hydrogen-bond donors (Lipinski definition) is 3. The molecule has 3 aromatic rings. The summed E-state index contributed by atoms with van der Waals surface area (Å²) in [5.41, 5.74) is 11.0. The number of nitrogens with one attached hydrogen (secondary N) is 2. The molecule has 8 heteroatoms. The Hall–Kier alpha value is -3.81. The molecular formula is C23H19N5O3. The lowest BCUT2D eigenvalue weighted by Crippen LogP contribution is -2.33. The smallest absolute Gasteiger partial charge is 0.319 e. The summed E-state index contributed by atoms with van der Waals surface area (Å²) in [6.07, 6.45) is 5.12. The van der Waals surface area contributed by atoms with Crippen molar-refractivity contribution in [1.82, 2.24) is 14.9 Å². The first-order valence-corrected chi connectivity index (χ1v) is 10.5. The number of primary amides is 1. The number of aromatic amines is 2. The molecular weight excluding hydrogens is 394 g/mol. The summed E-state index contributed by atoms with van der Waals surface area (Å²) >= 11 is 0. The zero-order valence-electron chi connectivity index (χ0n) is 16.6. The summed E-state index contributed by atoms with van der Waals surface area (Å²) in [6, 6.07) is 7.13. The van der Waals surface area contributed by atoms with Crippen LogP contribution in [-0.4, -0.2) is 45.7 Å². The lowest BCUT2D eigenvalue weighted by Gasteiger charge is -2.27. The molecule has 1 aromatic carbocycles. The van der Waals surface area contributed by atoms with Crippen LogP contribution >= 0.6 is 0 Å². The monoisotopic (exact) mass is 413 g/mol. The summed E-state index contributed by atoms with van der Waals surface area (Å²) in [7, 11) is 0. The number of anilines is 1. The van der Waals surface area contributed by atoms with Crippen LogP contribution in [0.25, 0.3) is 10.9 Å². The molecule has 2 aromatic heterocycles. The van der Waals surface area contributed by atoms with Crippen molar-refractivity contribution in [3.8, 4) is 0 Å². The van der Waals surface area contributed by atoms with Crippen LogP contribution < -0.4 is 10.6 Å². The molecule has 8 nitrogen and oxygen atoms in total. The molecule has 0 bridgehead atoms. The minimum absolute atomic E-state index is 0.0769. The lowest BCUT2D eigenvalue weighted by atomic mass is 9.85. The number of allylic oxidation sites excluding steroid dienone is 2. The second kappa shape index (κ2) is 5.26. The van der Waals surface area contributed by atoms with Gasteiger partial charge in [0.25, 0.3) is 5.91 Å². The Balaban J connectivity index is 1.29. The molecule has 154 valence electrons. The van der Waals surface area contributed by atoms with Gasteiger partial charge in [-0.15, -0.1) is 0 Å². The average molecular weight is 413 g/mol. The SMILES string of the molecule is NC(=O)N1CCc2c1ccc1[nH]c(C(=O)N3C[C@@H]4C[C@]45C3=CC(=O)c3[nH]ccc35)cc21. The summed E-state index contributed by atoms with van der Waals surface area (Å²) in [5, 5.41) is 0.935. The Bertz CT molecular complexity index is 1400. The molecule has 0 radical (unpaired) electrons. The third kappa shape index (κ3) is 1.93. The molecule has 2 aliphatic heterocycles. The highest BCUT2D eigenvalue weighted by molar-refractivity contribution is 6.09. The Kier molecular flexibility index (Phi) is 2.87. The summed E-state index contributed by atoms with van der Waals surface area (Å²) in [6.45, 7) is 1.16. The Labute approximate surface area is 176 Å². The standard InChI is InChI=1S/C23H19N5O3/c24-22(31)27-6-4-12-13-7-16(26-15(13)1-2-17(12)27)21(30)28-10-11-9-23(11)14-3-5-25-20(14)18(29)8-19(23)28/h1-3,5,7-8,11,25-26H,4,6,9-10H2,(H2,24,31)/t11-,23-/m0/s1. The highest BCUT2D eigenvalue weighted by Crippen LogP contribution is 2.66. The molecule has 1 saturated heterocycles. The number of H-pyrrole nitrogens is 2. The van der Waals surface area contributed by atoms with Gasteiger partial charge >= 0.3 is 6.03 Å². The number of rotatable bonds is 1. The molecule has 1 saturated carbocycles. The molecule has 3 amide bonds. The fraction of sp³-hybridized carbons (Fsp3) is 0.261. The van der Waals surface area contributed by atoms with Crippen molar-refractivity contribution in [2.75, 3.05) is 18.0 Å². The summed E-state index contributed by atoms with van der Waals surface area (Å²) < 4.78 is 0. The van der Waals surface area contributed by atoms with E-state index in [0.29, 0.717) is 36.8 Å². The number of nitrogens with two attached hydrogens (primary N) is 1. The Morgan fingerprint density at radius 2 is 2.06 bits per heavy atom. The van der Waals surface area contributed by atoms with Crippen LogP contribution in [-0.2, 0) is 11.8 Å². The number of amides is 3. The van der Waals surface area contributed by atoms with Crippen LogP contribution in [0.15, 0.2) is 42.2 Å². The molecule has 7 rings (SSSR count). The van der Waals surface area contributed by atoms with Crippen LogP contribution in [0, 0.1) is 5.92 Å². The third-order valence-corrected chi connectivity index (χ3v) is 7.51. The number of nitrogens with zero attached hydrogens (tertiary/aromatic N) is 2. The number of ketones is 1. The number of carbonyl (C=O) groups is 3. The molecule has 2 fully saturated rings. The Morgan fingerprint density at radius 3 is 2.90 bits per heavy atom. The number of carbonyl (C=O) groups excluding carboxylic acids is 3. The number of hydrogen-bond acceptors (Lipinski definition) is 3. The van der Waals surface area contributed by atoms with Crippen molar-refractivity contribution in [3.05, 3.63) is 64.8 Å². The van der Waals surface area contributed by atoms with Gasteiger partial charge in [-0.05, 0) is 54.2 Å². The van der Waals surface area contributed by atoms with Gasteiger partial charge in [0.1, 0.15) is 5.69 Å². The summed E-state index contributed by atoms with van der Waals surface area (Å²) in [5.74, 6) is 0.148. The molecule has 0 unspecified atom stereocenters. The number of likely N-dealkylation sites (tertiary alicyclic amines) is 1. The van der Waals surface area contributed by atoms with E-state index in [-0.39, 0.29) is 17.1 Å². The van der Waals surface area contributed by atoms with Gasteiger partial charge in [-0.25, -0.2) is 4.79 Å². The zero-order chi connectivity index (χ0) is 21.1. The predicted octanol–water partition coefficient (Wildman–Crippen LogP) is 2.43. The fourth-order valence-electron chi connectivity index (χ4n) is 6.03. The van der Waals surface area contributed by atoms with E-state index >= 15 is 0 Å². The van der Waals surface area contributed by atoms with Crippen molar-refractivity contribution in [3.63, 3.8) is 0 Å². The van der Waals surface area contributed by atoms with Gasteiger partial charge in [-0.1, -0.05) is 0 Å². The number of benzene rings is 1. The van der Waals surface area contributed by atoms with E-state index in [1.54, 1.807) is 15.9 Å². The van der Waals surface area contributed by atoms with E-state index in [1.807, 2.05) is 30.5 Å². The molecule has 4 heterocycles. The number of urea groups is 1. The maximum Gasteiger partial charge on any atom is 0.319 e. The molecule has 4 aliphatic rings. The topological polar surface area (TPSA) is 115 Å². The van der Waals surface area contributed by atoms with Crippen molar-refractivity contribution in [1.29, 1.82) is 0 Å². The quantitative estimate of drug-likeness (QED) is 0.569. The number of piperidine rings is 1. The van der Waals surface area contributed by atoms with Crippen molar-refractivity contribution in [2.45, 2.75) is 18.3 Å². The fourth-order valence-corrected chi connectivity index (χ4v) is 6.03. The van der Waals surface area contributed by atoms with E-state index < -0.39 is 6.03 Å². The van der Waals surface area contributed by atoms with Gasteiger partial charge in [0.15, 0.2) is 0 Å². The van der Waals surface area contributed by atoms with E-state index in [0.717, 1.165) is 39.8 Å². The first-order chi connectivity index (χ1) is 15.0. The molecule has 2 atom stereocenters. The number of aromatic nitrogens is 2. The summed E-state index contributed by atoms with van der Waals surface area (Å²) in [4.78, 5) is 47.5. The molecule has 2 aliphatic carbocycles. The Morgan fingerprint density at radius 1 is 1.19 bits per heavy atom. The third-order valence-electron chi connectivity index (χ3n) is 7.51. The first kappa shape index (κ1) is 16.9. The van der Waals surface area contributed by atoms with E-state index in [4.69, 9.17) is 5.73 Å². The van der Waals surface area contributed by atoms with Gasteiger partial charge in [-0.3, -0.25) is 14.5 Å². The maximum absolute atomic E-state index is 13.5. The van der Waals surface area contributed by atoms with Gasteiger partial charge in [0.05, 0.1) is 5.69 Å². The van der Waals surface area contributed by atoms with Crippen LogP contribution in [0.4, 0.5) is 10.5 Å². The van der Waals surface area contributed by atoms with Crippen molar-refractivity contribution in [2.24, 2.45) is 11.7 Å². The van der Waals surface area contributed by atoms with Gasteiger partial charge in [0, 0.05) is 53.1 Å². The van der Waals surface area contributed by atoms with Crippen LogP contribution in [0.2, 0.25) is 0 Å². The normalized spacial score (nSPS) is 25.2. The first-order valence-electron chi connectivity index (χ1n) is 10.5. The van der Waals surface area contributed by atoms with Crippen molar-refractivity contribution < 1.29 is 14.4 Å². The highest BCUT2D eigenvalue weighted by atomic mass is 16.2. The second-order valence-electron chi connectivity index (χ2n) is 8.90. The van der Waals surface area contributed by atoms with Crippen LogP contribution in [0.1, 0.15) is 38.5 Å². The minimum Gasteiger partial charge on any atom is -0.358 e. The van der Waals surface area contributed by atoms with E-state index in [1.165, 1.54) is 0 Å².